The van der Waals surface area contributed by atoms with Crippen molar-refractivity contribution in [2.75, 3.05) is 26.8 Å². The van der Waals surface area contributed by atoms with Crippen LogP contribution in [-0.4, -0.2) is 26.8 Å². The number of rotatable bonds is 10. The second-order valence-corrected chi connectivity index (χ2v) is 3.51. The molecule has 2 nitrogen and oxygen atoms in total. The monoisotopic (exact) mass is 187 g/mol. The molecule has 0 unspecified atom stereocenters. The summed E-state index contributed by atoms with van der Waals surface area (Å²) in [5.41, 5.74) is 0. The highest BCUT2D eigenvalue weighted by molar-refractivity contribution is 4.49. The summed E-state index contributed by atoms with van der Waals surface area (Å²) < 4.78 is 4.97. The van der Waals surface area contributed by atoms with Crippen molar-refractivity contribution in [1.29, 1.82) is 0 Å². The van der Waals surface area contributed by atoms with Crippen LogP contribution in [0.15, 0.2) is 0 Å². The van der Waals surface area contributed by atoms with E-state index in [0.717, 1.165) is 13.2 Å². The lowest BCUT2D eigenvalue weighted by atomic mass is 10.2. The van der Waals surface area contributed by atoms with Crippen molar-refractivity contribution in [2.24, 2.45) is 0 Å². The van der Waals surface area contributed by atoms with Crippen LogP contribution < -0.4 is 5.32 Å². The van der Waals surface area contributed by atoms with Crippen LogP contribution in [0, 0.1) is 0 Å². The number of unbranched alkanes of at least 4 members (excludes halogenated alkanes) is 4. The summed E-state index contributed by atoms with van der Waals surface area (Å²) >= 11 is 0. The predicted octanol–water partition coefficient (Wildman–Crippen LogP) is 2.58. The van der Waals surface area contributed by atoms with Gasteiger partial charge >= 0.3 is 0 Å². The molecule has 0 bridgehead atoms. The van der Waals surface area contributed by atoms with E-state index in [4.69, 9.17) is 4.74 Å². The zero-order valence-corrected chi connectivity index (χ0v) is 9.27. The van der Waals surface area contributed by atoms with E-state index in [1.807, 2.05) is 0 Å². The van der Waals surface area contributed by atoms with Gasteiger partial charge in [0.1, 0.15) is 0 Å². The number of nitrogens with one attached hydrogen (secondary N) is 1. The normalized spacial score (nSPS) is 10.6. The molecule has 0 aromatic rings. The zero-order valence-electron chi connectivity index (χ0n) is 9.27. The van der Waals surface area contributed by atoms with Crippen LogP contribution in [0.25, 0.3) is 0 Å². The van der Waals surface area contributed by atoms with E-state index >= 15 is 0 Å². The van der Waals surface area contributed by atoms with E-state index in [9.17, 15) is 0 Å². The Morgan fingerprint density at radius 3 is 2.23 bits per heavy atom. The third-order valence-corrected chi connectivity index (χ3v) is 2.16. The topological polar surface area (TPSA) is 21.3 Å². The largest absolute Gasteiger partial charge is 0.385 e. The first-order valence-electron chi connectivity index (χ1n) is 5.61. The van der Waals surface area contributed by atoms with Crippen molar-refractivity contribution in [3.8, 4) is 0 Å². The van der Waals surface area contributed by atoms with Gasteiger partial charge in [-0.25, -0.2) is 0 Å². The van der Waals surface area contributed by atoms with Crippen LogP contribution in [0.5, 0.6) is 0 Å². The maximum absolute atomic E-state index is 4.97. The molecule has 0 saturated heterocycles. The Kier molecular flexibility index (Phi) is 11.8. The first kappa shape index (κ1) is 12.9. The van der Waals surface area contributed by atoms with E-state index < -0.39 is 0 Å². The smallest absolute Gasteiger partial charge is 0.0462 e. The molecule has 2 heteroatoms. The number of hydrogen-bond donors (Lipinski definition) is 1. The van der Waals surface area contributed by atoms with Gasteiger partial charge in [-0.1, -0.05) is 26.2 Å². The lowest BCUT2D eigenvalue weighted by Crippen LogP contribution is -2.16. The second-order valence-electron chi connectivity index (χ2n) is 3.51. The van der Waals surface area contributed by atoms with Crippen molar-refractivity contribution in [2.45, 2.75) is 45.4 Å². The Morgan fingerprint density at radius 2 is 1.62 bits per heavy atom. The minimum atomic E-state index is 0.900. The van der Waals surface area contributed by atoms with Gasteiger partial charge in [0.25, 0.3) is 0 Å². The Bertz CT molecular complexity index is 76.2. The fraction of sp³-hybridized carbons (Fsp3) is 1.00. The minimum absolute atomic E-state index is 0.900. The van der Waals surface area contributed by atoms with Gasteiger partial charge in [-0.05, 0) is 32.4 Å². The molecule has 0 aliphatic carbocycles. The fourth-order valence-corrected chi connectivity index (χ4v) is 1.30. The lowest BCUT2D eigenvalue weighted by molar-refractivity contribution is 0.192. The van der Waals surface area contributed by atoms with E-state index in [0.29, 0.717) is 0 Å². The van der Waals surface area contributed by atoms with E-state index in [-0.39, 0.29) is 0 Å². The van der Waals surface area contributed by atoms with Gasteiger partial charge < -0.3 is 10.1 Å². The van der Waals surface area contributed by atoms with Crippen LogP contribution >= 0.6 is 0 Å². The summed E-state index contributed by atoms with van der Waals surface area (Å²) in [4.78, 5) is 0. The van der Waals surface area contributed by atoms with Gasteiger partial charge in [-0.15, -0.1) is 0 Å². The van der Waals surface area contributed by atoms with Crippen LogP contribution in [-0.2, 0) is 4.74 Å². The van der Waals surface area contributed by atoms with Gasteiger partial charge in [0.15, 0.2) is 0 Å². The lowest BCUT2D eigenvalue weighted by Gasteiger charge is -2.03. The Balaban J connectivity index is 2.76. The standard InChI is InChI=1S/C11H25NO/c1-3-4-5-6-9-12-10-7-8-11-13-2/h12H,3-11H2,1-2H3. The van der Waals surface area contributed by atoms with Crippen LogP contribution in [0.4, 0.5) is 0 Å². The summed E-state index contributed by atoms with van der Waals surface area (Å²) in [5, 5.41) is 3.45. The molecule has 0 aliphatic rings. The summed E-state index contributed by atoms with van der Waals surface area (Å²) in [5.74, 6) is 0. The van der Waals surface area contributed by atoms with Gasteiger partial charge in [-0.2, -0.15) is 0 Å². The van der Waals surface area contributed by atoms with Crippen LogP contribution in [0.3, 0.4) is 0 Å². The van der Waals surface area contributed by atoms with Gasteiger partial charge in [-0.3, -0.25) is 0 Å². The van der Waals surface area contributed by atoms with Crippen molar-refractivity contribution in [1.82, 2.24) is 5.32 Å². The fourth-order valence-electron chi connectivity index (χ4n) is 1.30. The molecule has 0 rings (SSSR count). The van der Waals surface area contributed by atoms with E-state index in [1.165, 1.54) is 45.1 Å². The molecule has 0 aliphatic heterocycles. The average Bonchev–Trinajstić information content (AvgIpc) is 2.16. The summed E-state index contributed by atoms with van der Waals surface area (Å²) in [6.45, 7) is 5.48. The Labute approximate surface area is 83.1 Å². The minimum Gasteiger partial charge on any atom is -0.385 e. The molecule has 0 saturated carbocycles. The van der Waals surface area contributed by atoms with Gasteiger partial charge in [0, 0.05) is 13.7 Å². The molecule has 0 radical (unpaired) electrons. The predicted molar refractivity (Wildman–Crippen MR) is 58.1 cm³/mol. The SMILES string of the molecule is CCCCCCNCCCCOC. The zero-order chi connectivity index (χ0) is 9.78. The Hall–Kier alpha value is -0.0800. The molecule has 0 spiro atoms. The summed E-state index contributed by atoms with van der Waals surface area (Å²) in [7, 11) is 1.76. The molecule has 0 amide bonds. The molecular formula is C11H25NO. The highest BCUT2D eigenvalue weighted by atomic mass is 16.5. The van der Waals surface area contributed by atoms with Crippen molar-refractivity contribution >= 4 is 0 Å². The summed E-state index contributed by atoms with van der Waals surface area (Å²) in [6.07, 6.45) is 7.83. The quantitative estimate of drug-likeness (QED) is 0.531. The maximum Gasteiger partial charge on any atom is 0.0462 e. The van der Waals surface area contributed by atoms with Crippen LogP contribution in [0.1, 0.15) is 45.4 Å². The summed E-state index contributed by atoms with van der Waals surface area (Å²) in [6, 6.07) is 0. The number of methoxy groups -OCH3 is 1. The Morgan fingerprint density at radius 1 is 0.923 bits per heavy atom. The third-order valence-electron chi connectivity index (χ3n) is 2.16. The van der Waals surface area contributed by atoms with Crippen molar-refractivity contribution < 1.29 is 4.74 Å². The molecule has 13 heavy (non-hydrogen) atoms. The highest BCUT2D eigenvalue weighted by Gasteiger charge is 1.89. The van der Waals surface area contributed by atoms with Crippen molar-refractivity contribution in [3.63, 3.8) is 0 Å². The second kappa shape index (κ2) is 11.9. The first-order chi connectivity index (χ1) is 6.41. The molecule has 80 valence electrons. The van der Waals surface area contributed by atoms with Crippen molar-refractivity contribution in [3.05, 3.63) is 0 Å². The van der Waals surface area contributed by atoms with Gasteiger partial charge in [0.05, 0.1) is 0 Å². The van der Waals surface area contributed by atoms with Gasteiger partial charge in [0.2, 0.25) is 0 Å². The first-order valence-corrected chi connectivity index (χ1v) is 5.61. The molecule has 0 atom stereocenters. The molecule has 0 aromatic heterocycles. The molecule has 0 aromatic carbocycles. The van der Waals surface area contributed by atoms with E-state index in [1.54, 1.807) is 7.11 Å². The highest BCUT2D eigenvalue weighted by Crippen LogP contribution is 1.97. The number of hydrogen-bond acceptors (Lipinski definition) is 2. The van der Waals surface area contributed by atoms with Crippen LogP contribution in [0.2, 0.25) is 0 Å². The maximum atomic E-state index is 4.97. The molecule has 1 N–H and O–H groups in total. The molecule has 0 heterocycles. The number of ether oxygens (including phenoxy) is 1. The third kappa shape index (κ3) is 11.9. The molecular weight excluding hydrogens is 162 g/mol. The average molecular weight is 187 g/mol. The van der Waals surface area contributed by atoms with E-state index in [2.05, 4.69) is 12.2 Å². The molecule has 0 fully saturated rings.